The fourth-order valence-electron chi connectivity index (χ4n) is 16.9. The molecule has 0 N–H and O–H groups in total. The van der Waals surface area contributed by atoms with Crippen molar-refractivity contribution in [3.8, 4) is 89.5 Å². The highest BCUT2D eigenvalue weighted by atomic mass is 15.0. The minimum Gasteiger partial charge on any atom is -0.309 e. The Morgan fingerprint density at radius 2 is 0.422 bits per heavy atom. The summed E-state index contributed by atoms with van der Waals surface area (Å²) >= 11 is 0. The molecule has 4 heteroatoms. The van der Waals surface area contributed by atoms with E-state index in [4.69, 9.17) is 0 Å². The van der Waals surface area contributed by atoms with E-state index in [9.17, 15) is 0 Å². The molecule has 4 heterocycles. The minimum atomic E-state index is 1.18. The molecule has 0 bridgehead atoms. The molecule has 552 valence electrons. The van der Waals surface area contributed by atoms with Gasteiger partial charge in [-0.3, -0.25) is 0 Å². The number of rotatable bonds is 10. The van der Waals surface area contributed by atoms with Gasteiger partial charge in [-0.25, -0.2) is 0 Å². The quantitative estimate of drug-likeness (QED) is 0.130. The van der Waals surface area contributed by atoms with E-state index in [0.717, 1.165) is 0 Å². The lowest BCUT2D eigenvalue weighted by atomic mass is 9.99. The van der Waals surface area contributed by atoms with Crippen LogP contribution in [0, 0.1) is 27.7 Å². The van der Waals surface area contributed by atoms with E-state index in [2.05, 4.69) is 483 Å². The molecule has 0 atom stereocenters. The first-order valence-corrected chi connectivity index (χ1v) is 40.0. The maximum atomic E-state index is 2.41. The molecule has 22 aromatic rings. The molecule has 0 unspecified atom stereocenters. The molecule has 0 aliphatic carbocycles. The Morgan fingerprint density at radius 3 is 0.879 bits per heavy atom. The van der Waals surface area contributed by atoms with Crippen LogP contribution in [0.25, 0.3) is 177 Å². The first-order chi connectivity index (χ1) is 57.2. The van der Waals surface area contributed by atoms with E-state index in [1.165, 1.54) is 199 Å². The van der Waals surface area contributed by atoms with Crippen LogP contribution in [0.4, 0.5) is 0 Å². The first-order valence-electron chi connectivity index (χ1n) is 40.0. The van der Waals surface area contributed by atoms with Crippen LogP contribution in [0.15, 0.2) is 437 Å². The summed E-state index contributed by atoms with van der Waals surface area (Å²) in [6.45, 7) is 8.58. The van der Waals surface area contributed by atoms with Crippen LogP contribution < -0.4 is 0 Å². The van der Waals surface area contributed by atoms with Crippen molar-refractivity contribution in [2.24, 2.45) is 0 Å². The van der Waals surface area contributed by atoms with Crippen molar-refractivity contribution in [2.75, 3.05) is 0 Å². The molecule has 4 nitrogen and oxygen atoms in total. The molecule has 22 rings (SSSR count). The van der Waals surface area contributed by atoms with Crippen LogP contribution in [0.2, 0.25) is 0 Å². The molecule has 4 aromatic heterocycles. The number of benzene rings is 18. The number of aryl methyl sites for hydroxylation is 4. The standard InChI is InChI=1S/2C31H23N.2C25H19N/c1-22-15-17-24(18-16-22)27-13-8-14-28-29-21-25(23-9-4-2-5-10-23)19-20-30(29)32(31(27)28)26-11-6-3-7-12-26;1-22-12-14-24(15-13-22)26-16-18-28-29-20-25(23-8-4-2-5-9-23)17-19-30(29)32(31(28)21-26)27-10-6-3-7-11-27;1-18-10-12-19(13-11-18)20-14-16-21(17-15-20)26-24-8-4-2-6-22(24)23-7-3-5-9-25(23)26;1-18-9-8-14-22-23-17-20(19-10-4-2-5-11-19)15-16-24(23)26(25(18)22)21-12-6-3-7-13-21/h2*2-21H,1H3;2*2-17H,1H3. The molecule has 0 radical (unpaired) electrons. The summed E-state index contributed by atoms with van der Waals surface area (Å²) in [7, 11) is 0. The van der Waals surface area contributed by atoms with Crippen molar-refractivity contribution in [1.29, 1.82) is 0 Å². The Hall–Kier alpha value is -14.8. The van der Waals surface area contributed by atoms with Crippen molar-refractivity contribution >= 4 is 87.2 Å². The predicted octanol–water partition coefficient (Wildman–Crippen LogP) is 30.4. The van der Waals surface area contributed by atoms with Crippen LogP contribution in [0.5, 0.6) is 0 Å². The number of nitrogens with zero attached hydrogens (tertiary/aromatic N) is 4. The normalized spacial score (nSPS) is 11.3. The molecule has 0 fully saturated rings. The molecule has 18 aromatic carbocycles. The van der Waals surface area contributed by atoms with Gasteiger partial charge in [0.05, 0.1) is 44.1 Å². The monoisotopic (exact) mass is 1480 g/mol. The second kappa shape index (κ2) is 31.4. The Labute approximate surface area is 677 Å². The van der Waals surface area contributed by atoms with Gasteiger partial charge in [-0.15, -0.1) is 0 Å². The van der Waals surface area contributed by atoms with Gasteiger partial charge in [0.15, 0.2) is 0 Å². The molecule has 0 aliphatic heterocycles. The Balaban J connectivity index is 0.000000104. The lowest BCUT2D eigenvalue weighted by molar-refractivity contribution is 1.17. The maximum absolute atomic E-state index is 2.41. The predicted molar refractivity (Wildman–Crippen MR) is 495 cm³/mol. The average Bonchev–Trinajstić information content (AvgIpc) is 1.60. The van der Waals surface area contributed by atoms with Crippen molar-refractivity contribution in [3.63, 3.8) is 0 Å². The Bertz CT molecular complexity index is 7210. The lowest BCUT2D eigenvalue weighted by Crippen LogP contribution is -1.95. The highest BCUT2D eigenvalue weighted by molar-refractivity contribution is 6.16. The minimum absolute atomic E-state index is 1.18. The molecular formula is C112H84N4. The van der Waals surface area contributed by atoms with E-state index in [1.54, 1.807) is 0 Å². The Morgan fingerprint density at radius 1 is 0.147 bits per heavy atom. The zero-order valence-corrected chi connectivity index (χ0v) is 65.4. The summed E-state index contributed by atoms with van der Waals surface area (Å²) in [4.78, 5) is 0. The van der Waals surface area contributed by atoms with Crippen LogP contribution in [0.3, 0.4) is 0 Å². The van der Waals surface area contributed by atoms with Crippen LogP contribution in [-0.2, 0) is 0 Å². The zero-order valence-electron chi connectivity index (χ0n) is 65.4. The van der Waals surface area contributed by atoms with Crippen molar-refractivity contribution in [1.82, 2.24) is 18.3 Å². The molecule has 116 heavy (non-hydrogen) atoms. The second-order valence-corrected chi connectivity index (χ2v) is 30.2. The van der Waals surface area contributed by atoms with Crippen LogP contribution >= 0.6 is 0 Å². The first kappa shape index (κ1) is 71.5. The average molecular weight is 1490 g/mol. The molecule has 0 saturated heterocycles. The number of fused-ring (bicyclic) bond motifs is 12. The molecule has 0 amide bonds. The molecule has 0 aliphatic rings. The van der Waals surface area contributed by atoms with E-state index in [-0.39, 0.29) is 0 Å². The fourth-order valence-corrected chi connectivity index (χ4v) is 16.9. The summed E-state index contributed by atoms with van der Waals surface area (Å²) in [6.07, 6.45) is 0. The third-order valence-electron chi connectivity index (χ3n) is 22.7. The summed E-state index contributed by atoms with van der Waals surface area (Å²) in [6, 6.07) is 157. The largest absolute Gasteiger partial charge is 0.309 e. The smallest absolute Gasteiger partial charge is 0.0619 e. The fraction of sp³-hybridized carbons (Fsp3) is 0.0357. The topological polar surface area (TPSA) is 19.7 Å². The van der Waals surface area contributed by atoms with Crippen molar-refractivity contribution in [2.45, 2.75) is 27.7 Å². The highest BCUT2D eigenvalue weighted by Gasteiger charge is 2.21. The molecular weight excluding hydrogens is 1400 g/mol. The van der Waals surface area contributed by atoms with Gasteiger partial charge in [0.2, 0.25) is 0 Å². The molecule has 0 saturated carbocycles. The summed E-state index contributed by atoms with van der Waals surface area (Å²) in [5.74, 6) is 0. The van der Waals surface area contributed by atoms with Gasteiger partial charge >= 0.3 is 0 Å². The zero-order chi connectivity index (χ0) is 78.0. The van der Waals surface area contributed by atoms with E-state index in [1.807, 2.05) is 0 Å². The number of aromatic nitrogens is 4. The van der Waals surface area contributed by atoms with Crippen LogP contribution in [0.1, 0.15) is 22.3 Å². The SMILES string of the molecule is Cc1ccc(-c2ccc(-n3c4ccccc4c4ccccc43)cc2)cc1.Cc1ccc(-c2ccc3c4cc(-c5ccccc5)ccc4n(-c4ccccc4)c3c2)cc1.Cc1ccc(-c2cccc3c4cc(-c5ccccc5)ccc4n(-c4ccccc4)c23)cc1.Cc1cccc2c3cc(-c4ccccc4)ccc3n(-c3ccccc3)c12. The third kappa shape index (κ3) is 13.8. The van der Waals surface area contributed by atoms with E-state index >= 15 is 0 Å². The number of para-hydroxylation sites is 7. The highest BCUT2D eigenvalue weighted by Crippen LogP contribution is 2.43. The van der Waals surface area contributed by atoms with Crippen LogP contribution in [-0.4, -0.2) is 18.3 Å². The van der Waals surface area contributed by atoms with Gasteiger partial charge in [0.1, 0.15) is 0 Å². The maximum Gasteiger partial charge on any atom is 0.0619 e. The van der Waals surface area contributed by atoms with Crippen molar-refractivity contribution < 1.29 is 0 Å². The van der Waals surface area contributed by atoms with Gasteiger partial charge in [0, 0.05) is 71.4 Å². The summed E-state index contributed by atoms with van der Waals surface area (Å²) in [5.41, 5.74) is 34.8. The Kier molecular flexibility index (Phi) is 19.3. The van der Waals surface area contributed by atoms with Gasteiger partial charge in [-0.05, 0) is 198 Å². The number of hydrogen-bond acceptors (Lipinski definition) is 0. The third-order valence-corrected chi connectivity index (χ3v) is 22.7. The second-order valence-electron chi connectivity index (χ2n) is 30.2. The van der Waals surface area contributed by atoms with E-state index in [0.29, 0.717) is 0 Å². The number of hydrogen-bond donors (Lipinski definition) is 0. The molecule has 0 spiro atoms. The van der Waals surface area contributed by atoms with Gasteiger partial charge < -0.3 is 18.3 Å². The van der Waals surface area contributed by atoms with Gasteiger partial charge in [-0.1, -0.05) is 350 Å². The van der Waals surface area contributed by atoms with E-state index < -0.39 is 0 Å². The van der Waals surface area contributed by atoms with Crippen molar-refractivity contribution in [3.05, 3.63) is 459 Å². The summed E-state index contributed by atoms with van der Waals surface area (Å²) < 4.78 is 9.53. The van der Waals surface area contributed by atoms with Gasteiger partial charge in [-0.2, -0.15) is 0 Å². The lowest BCUT2D eigenvalue weighted by Gasteiger charge is -2.12. The summed E-state index contributed by atoms with van der Waals surface area (Å²) in [5, 5.41) is 10.3. The van der Waals surface area contributed by atoms with Gasteiger partial charge in [0.25, 0.3) is 0 Å².